The number of aromatic nitrogens is 3. The highest BCUT2D eigenvalue weighted by Gasteiger charge is 2.30. The van der Waals surface area contributed by atoms with E-state index in [0.717, 1.165) is 23.4 Å². The largest absolute Gasteiger partial charge is 0.416 e. The van der Waals surface area contributed by atoms with Crippen LogP contribution in [0.5, 0.6) is 0 Å². The highest BCUT2D eigenvalue weighted by Crippen LogP contribution is 2.31. The molecule has 0 bridgehead atoms. The van der Waals surface area contributed by atoms with E-state index in [0.29, 0.717) is 31.4 Å². The molecule has 174 valence electrons. The van der Waals surface area contributed by atoms with Crippen LogP contribution in [-0.4, -0.2) is 39.3 Å². The van der Waals surface area contributed by atoms with Gasteiger partial charge in [0.25, 0.3) is 0 Å². The third kappa shape index (κ3) is 5.70. The van der Waals surface area contributed by atoms with E-state index >= 15 is 0 Å². The van der Waals surface area contributed by atoms with Crippen LogP contribution in [0, 0.1) is 0 Å². The molecule has 0 radical (unpaired) electrons. The number of aliphatic hydroxyl groups excluding tert-OH is 1. The molecule has 2 aromatic carbocycles. The molecule has 1 aliphatic rings. The molecule has 33 heavy (non-hydrogen) atoms. The number of β-amino-alcohol motifs (C(OH)–C–C–N with tert-alkyl or cyclic N) is 1. The Morgan fingerprint density at radius 2 is 1.61 bits per heavy atom. The first kappa shape index (κ1) is 22.8. The highest BCUT2D eigenvalue weighted by atomic mass is 19.4. The molecule has 1 fully saturated rings. The molecule has 3 aromatic rings. The lowest BCUT2D eigenvalue weighted by Gasteiger charge is -2.18. The highest BCUT2D eigenvalue weighted by molar-refractivity contribution is 5.60. The van der Waals surface area contributed by atoms with Gasteiger partial charge in [-0.05, 0) is 48.2 Å². The third-order valence-electron chi connectivity index (χ3n) is 5.33. The van der Waals surface area contributed by atoms with E-state index in [2.05, 4.69) is 39.4 Å². The SMILES string of the molecule is CC(C)c1cccc(Nc2nc(Nc3cccc(C(F)(F)F)c3)nc(N3CCC(O)C3)n2)c1. The molecule has 1 unspecified atom stereocenters. The molecular formula is C23H25F3N6O. The van der Waals surface area contributed by atoms with E-state index in [1.165, 1.54) is 12.1 Å². The Morgan fingerprint density at radius 1 is 0.970 bits per heavy atom. The zero-order valence-corrected chi connectivity index (χ0v) is 18.3. The summed E-state index contributed by atoms with van der Waals surface area (Å²) in [5.41, 5.74) is 1.36. The molecular weight excluding hydrogens is 433 g/mol. The number of nitrogens with zero attached hydrogens (tertiary/aromatic N) is 4. The topological polar surface area (TPSA) is 86.2 Å². The molecule has 10 heteroatoms. The summed E-state index contributed by atoms with van der Waals surface area (Å²) < 4.78 is 39.3. The second kappa shape index (κ2) is 9.22. The van der Waals surface area contributed by atoms with Crippen LogP contribution in [0.2, 0.25) is 0 Å². The molecule has 4 rings (SSSR count). The van der Waals surface area contributed by atoms with E-state index in [4.69, 9.17) is 0 Å². The molecule has 0 amide bonds. The molecule has 7 nitrogen and oxygen atoms in total. The normalized spacial score (nSPS) is 16.3. The Kier molecular flexibility index (Phi) is 6.37. The van der Waals surface area contributed by atoms with Crippen molar-refractivity contribution in [3.8, 4) is 0 Å². The lowest BCUT2D eigenvalue weighted by atomic mass is 10.0. The Morgan fingerprint density at radius 3 is 2.18 bits per heavy atom. The van der Waals surface area contributed by atoms with Gasteiger partial charge in [-0.1, -0.05) is 32.0 Å². The summed E-state index contributed by atoms with van der Waals surface area (Å²) in [5.74, 6) is 1.02. The van der Waals surface area contributed by atoms with E-state index in [-0.39, 0.29) is 17.6 Å². The third-order valence-corrected chi connectivity index (χ3v) is 5.33. The molecule has 3 N–H and O–H groups in total. The fourth-order valence-electron chi connectivity index (χ4n) is 3.55. The summed E-state index contributed by atoms with van der Waals surface area (Å²) >= 11 is 0. The van der Waals surface area contributed by atoms with Gasteiger partial charge in [0.1, 0.15) is 0 Å². The van der Waals surface area contributed by atoms with Crippen LogP contribution in [0.3, 0.4) is 0 Å². The van der Waals surface area contributed by atoms with Crippen molar-refractivity contribution in [2.45, 2.75) is 38.5 Å². The minimum atomic E-state index is -4.46. The Hall–Kier alpha value is -3.40. The molecule has 1 saturated heterocycles. The second-order valence-corrected chi connectivity index (χ2v) is 8.28. The first-order valence-corrected chi connectivity index (χ1v) is 10.7. The average molecular weight is 458 g/mol. The molecule has 0 saturated carbocycles. The minimum absolute atomic E-state index is 0.100. The number of hydrogen-bond acceptors (Lipinski definition) is 7. The van der Waals surface area contributed by atoms with Crippen LogP contribution in [0.25, 0.3) is 0 Å². The number of rotatable bonds is 6. The maximum Gasteiger partial charge on any atom is 0.416 e. The summed E-state index contributed by atoms with van der Waals surface area (Å²) in [5, 5.41) is 15.9. The van der Waals surface area contributed by atoms with Gasteiger partial charge in [0.2, 0.25) is 17.8 Å². The summed E-state index contributed by atoms with van der Waals surface area (Å²) in [4.78, 5) is 15.0. The van der Waals surface area contributed by atoms with Gasteiger partial charge in [0.15, 0.2) is 0 Å². The zero-order chi connectivity index (χ0) is 23.6. The van der Waals surface area contributed by atoms with Crippen LogP contribution >= 0.6 is 0 Å². The monoisotopic (exact) mass is 458 g/mol. The number of alkyl halides is 3. The minimum Gasteiger partial charge on any atom is -0.391 e. The average Bonchev–Trinajstić information content (AvgIpc) is 3.20. The zero-order valence-electron chi connectivity index (χ0n) is 18.3. The number of halogens is 3. The van der Waals surface area contributed by atoms with Crippen molar-refractivity contribution < 1.29 is 18.3 Å². The van der Waals surface area contributed by atoms with Gasteiger partial charge in [-0.15, -0.1) is 0 Å². The predicted molar refractivity (Wildman–Crippen MR) is 121 cm³/mol. The lowest BCUT2D eigenvalue weighted by molar-refractivity contribution is -0.137. The van der Waals surface area contributed by atoms with Crippen molar-refractivity contribution in [2.24, 2.45) is 0 Å². The fourth-order valence-corrected chi connectivity index (χ4v) is 3.55. The summed E-state index contributed by atoms with van der Waals surface area (Å²) in [6.45, 7) is 5.12. The number of benzene rings is 2. The smallest absolute Gasteiger partial charge is 0.391 e. The van der Waals surface area contributed by atoms with Gasteiger partial charge in [0.05, 0.1) is 11.7 Å². The first-order valence-electron chi connectivity index (χ1n) is 10.7. The van der Waals surface area contributed by atoms with Crippen molar-refractivity contribution in [3.63, 3.8) is 0 Å². The Labute approximate surface area is 189 Å². The van der Waals surface area contributed by atoms with E-state index in [1.807, 2.05) is 29.2 Å². The molecule has 0 spiro atoms. The molecule has 1 atom stereocenters. The van der Waals surface area contributed by atoms with E-state index < -0.39 is 17.8 Å². The summed E-state index contributed by atoms with van der Waals surface area (Å²) in [7, 11) is 0. The number of aliphatic hydroxyl groups is 1. The number of anilines is 5. The predicted octanol–water partition coefficient (Wildman–Crippen LogP) is 5.07. The van der Waals surface area contributed by atoms with Crippen molar-refractivity contribution in [3.05, 3.63) is 59.7 Å². The van der Waals surface area contributed by atoms with Crippen LogP contribution < -0.4 is 15.5 Å². The van der Waals surface area contributed by atoms with Crippen LogP contribution in [0.15, 0.2) is 48.5 Å². The number of nitrogens with one attached hydrogen (secondary N) is 2. The molecule has 2 heterocycles. The summed E-state index contributed by atoms with van der Waals surface area (Å²) in [6, 6.07) is 12.7. The van der Waals surface area contributed by atoms with Crippen molar-refractivity contribution in [1.29, 1.82) is 0 Å². The molecule has 0 aliphatic carbocycles. The standard InChI is InChI=1S/C23H25F3N6O/c1-14(2)15-5-3-7-17(11-15)27-20-29-21(31-22(30-20)32-10-9-19(33)13-32)28-18-8-4-6-16(12-18)23(24,25)26/h3-8,11-12,14,19,33H,9-10,13H2,1-2H3,(H2,27,28,29,30,31). The van der Waals surface area contributed by atoms with Gasteiger partial charge < -0.3 is 20.6 Å². The first-order chi connectivity index (χ1) is 15.7. The van der Waals surface area contributed by atoms with E-state index in [9.17, 15) is 18.3 Å². The Bertz CT molecular complexity index is 1120. The maximum atomic E-state index is 13.1. The fraction of sp³-hybridized carbons (Fsp3) is 0.348. The van der Waals surface area contributed by atoms with Crippen molar-refractivity contribution >= 4 is 29.2 Å². The van der Waals surface area contributed by atoms with Crippen LogP contribution in [0.4, 0.5) is 42.4 Å². The van der Waals surface area contributed by atoms with Crippen LogP contribution in [-0.2, 0) is 6.18 Å². The van der Waals surface area contributed by atoms with Gasteiger partial charge in [-0.2, -0.15) is 28.1 Å². The van der Waals surface area contributed by atoms with Gasteiger partial charge >= 0.3 is 6.18 Å². The Balaban J connectivity index is 1.66. The maximum absolute atomic E-state index is 13.1. The van der Waals surface area contributed by atoms with E-state index in [1.54, 1.807) is 0 Å². The quantitative estimate of drug-likeness (QED) is 0.475. The van der Waals surface area contributed by atoms with Crippen molar-refractivity contribution in [1.82, 2.24) is 15.0 Å². The lowest BCUT2D eigenvalue weighted by Crippen LogP contribution is -2.24. The van der Waals surface area contributed by atoms with Crippen LogP contribution in [0.1, 0.15) is 37.3 Å². The molecule has 1 aliphatic heterocycles. The summed E-state index contributed by atoms with van der Waals surface area (Å²) in [6.07, 6.45) is -4.36. The van der Waals surface area contributed by atoms with Crippen molar-refractivity contribution in [2.75, 3.05) is 28.6 Å². The second-order valence-electron chi connectivity index (χ2n) is 8.28. The molecule has 1 aromatic heterocycles. The van der Waals surface area contributed by atoms with Gasteiger partial charge in [-0.3, -0.25) is 0 Å². The van der Waals surface area contributed by atoms with Gasteiger partial charge in [0, 0.05) is 24.5 Å². The van der Waals surface area contributed by atoms with Gasteiger partial charge in [-0.25, -0.2) is 0 Å². The number of hydrogen-bond donors (Lipinski definition) is 3.